The van der Waals surface area contributed by atoms with Gasteiger partial charge in [0.25, 0.3) is 0 Å². The lowest BCUT2D eigenvalue weighted by atomic mass is 10.3. The molecule has 0 saturated heterocycles. The van der Waals surface area contributed by atoms with Crippen LogP contribution in [0.5, 0.6) is 0 Å². The second-order valence-electron chi connectivity index (χ2n) is 4.31. The van der Waals surface area contributed by atoms with Crippen LogP contribution in [0.2, 0.25) is 0 Å². The molecule has 0 spiro atoms. The fourth-order valence-corrected chi connectivity index (χ4v) is 4.26. The molecule has 0 fully saturated rings. The number of hydrogen-bond donors (Lipinski definition) is 1. The molecule has 108 valence electrons. The number of nitrogens with one attached hydrogen (secondary N) is 1. The molecule has 1 N–H and O–H groups in total. The molecule has 2 aromatic rings. The minimum Gasteiger partial charge on any atom is -0.275 e. The number of rotatable bonds is 4. The van der Waals surface area contributed by atoms with Crippen LogP contribution in [0.1, 0.15) is 11.3 Å². The summed E-state index contributed by atoms with van der Waals surface area (Å²) in [7, 11) is -1.78. The maximum absolute atomic E-state index is 12.3. The van der Waals surface area contributed by atoms with Crippen molar-refractivity contribution in [3.8, 4) is 0 Å². The molecular weight excluding hydrogens is 410 g/mol. The van der Waals surface area contributed by atoms with Gasteiger partial charge in [-0.3, -0.25) is 4.68 Å². The Morgan fingerprint density at radius 2 is 2.05 bits per heavy atom. The Morgan fingerprint density at radius 1 is 1.35 bits per heavy atom. The fourth-order valence-electron chi connectivity index (χ4n) is 1.76. The highest BCUT2D eigenvalue weighted by molar-refractivity contribution is 9.11. The third-order valence-electron chi connectivity index (χ3n) is 2.75. The standard InChI is InChI=1S/C12H13Br2N3O2S/c1-8-9(7-17(2)16-8)6-15-20(18,19)12-5-10(13)3-4-11(12)14/h3-5,7,15H,6H2,1-2H3. The molecule has 0 aliphatic carbocycles. The third kappa shape index (κ3) is 3.49. The van der Waals surface area contributed by atoms with Gasteiger partial charge in [0.15, 0.2) is 0 Å². The van der Waals surface area contributed by atoms with Crippen molar-refractivity contribution in [2.45, 2.75) is 18.4 Å². The van der Waals surface area contributed by atoms with Crippen molar-refractivity contribution >= 4 is 41.9 Å². The maximum Gasteiger partial charge on any atom is 0.242 e. The van der Waals surface area contributed by atoms with E-state index in [1.54, 1.807) is 36.1 Å². The topological polar surface area (TPSA) is 64.0 Å². The number of aromatic nitrogens is 2. The number of nitrogens with zero attached hydrogens (tertiary/aromatic N) is 2. The van der Waals surface area contributed by atoms with E-state index in [1.165, 1.54) is 0 Å². The molecule has 20 heavy (non-hydrogen) atoms. The van der Waals surface area contributed by atoms with E-state index in [9.17, 15) is 8.42 Å². The van der Waals surface area contributed by atoms with Gasteiger partial charge >= 0.3 is 0 Å². The first-order chi connectivity index (χ1) is 9.29. The molecule has 0 aliphatic heterocycles. The summed E-state index contributed by atoms with van der Waals surface area (Å²) < 4.78 is 30.1. The Bertz CT molecular complexity index is 741. The van der Waals surface area contributed by atoms with Crippen molar-refractivity contribution in [1.29, 1.82) is 0 Å². The summed E-state index contributed by atoms with van der Waals surface area (Å²) in [5.41, 5.74) is 1.66. The zero-order valence-electron chi connectivity index (χ0n) is 10.9. The van der Waals surface area contributed by atoms with Crippen LogP contribution in [-0.4, -0.2) is 18.2 Å². The van der Waals surface area contributed by atoms with Gasteiger partial charge in [-0.2, -0.15) is 5.10 Å². The van der Waals surface area contributed by atoms with Crippen LogP contribution in [0.15, 0.2) is 38.2 Å². The fraction of sp³-hybridized carbons (Fsp3) is 0.250. The second-order valence-corrected chi connectivity index (χ2v) is 7.82. The molecule has 5 nitrogen and oxygen atoms in total. The zero-order valence-corrected chi connectivity index (χ0v) is 14.9. The van der Waals surface area contributed by atoms with Crippen molar-refractivity contribution in [3.05, 3.63) is 44.6 Å². The molecule has 8 heteroatoms. The molecule has 0 unspecified atom stereocenters. The summed E-state index contributed by atoms with van der Waals surface area (Å²) in [5.74, 6) is 0. The highest BCUT2D eigenvalue weighted by Crippen LogP contribution is 2.25. The summed E-state index contributed by atoms with van der Waals surface area (Å²) in [6.45, 7) is 2.06. The molecule has 2 rings (SSSR count). The summed E-state index contributed by atoms with van der Waals surface area (Å²) >= 11 is 6.53. The first-order valence-electron chi connectivity index (χ1n) is 5.73. The smallest absolute Gasteiger partial charge is 0.242 e. The van der Waals surface area contributed by atoms with E-state index >= 15 is 0 Å². The van der Waals surface area contributed by atoms with Gasteiger partial charge < -0.3 is 0 Å². The van der Waals surface area contributed by atoms with Crippen molar-refractivity contribution in [2.75, 3.05) is 0 Å². The predicted octanol–water partition coefficient (Wildman–Crippen LogP) is 2.73. The zero-order chi connectivity index (χ0) is 14.9. The quantitative estimate of drug-likeness (QED) is 0.823. The normalized spacial score (nSPS) is 11.8. The van der Waals surface area contributed by atoms with Crippen LogP contribution in [0.25, 0.3) is 0 Å². The van der Waals surface area contributed by atoms with Crippen LogP contribution < -0.4 is 4.72 Å². The highest BCUT2D eigenvalue weighted by atomic mass is 79.9. The Morgan fingerprint density at radius 3 is 2.65 bits per heavy atom. The Balaban J connectivity index is 2.23. The number of aryl methyl sites for hydroxylation is 2. The number of halogens is 2. The summed E-state index contributed by atoms with van der Waals surface area (Å²) in [5, 5.41) is 4.18. The molecule has 0 radical (unpaired) electrons. The van der Waals surface area contributed by atoms with Gasteiger partial charge in [0.1, 0.15) is 0 Å². The molecule has 1 heterocycles. The summed E-state index contributed by atoms with van der Waals surface area (Å²) in [6, 6.07) is 5.02. The van der Waals surface area contributed by atoms with E-state index < -0.39 is 10.0 Å². The van der Waals surface area contributed by atoms with E-state index in [0.717, 1.165) is 11.3 Å². The van der Waals surface area contributed by atoms with E-state index in [-0.39, 0.29) is 11.4 Å². The number of hydrogen-bond acceptors (Lipinski definition) is 3. The SMILES string of the molecule is Cc1nn(C)cc1CNS(=O)(=O)c1cc(Br)ccc1Br. The summed E-state index contributed by atoms with van der Waals surface area (Å²) in [6.07, 6.45) is 1.80. The average Bonchev–Trinajstić information content (AvgIpc) is 2.68. The second kappa shape index (κ2) is 5.97. The van der Waals surface area contributed by atoms with E-state index in [0.29, 0.717) is 8.95 Å². The molecule has 0 saturated carbocycles. The molecule has 0 atom stereocenters. The van der Waals surface area contributed by atoms with Crippen molar-refractivity contribution in [3.63, 3.8) is 0 Å². The van der Waals surface area contributed by atoms with Gasteiger partial charge in [-0.05, 0) is 41.1 Å². The molecular formula is C12H13Br2N3O2S. The molecule has 0 bridgehead atoms. The predicted molar refractivity (Wildman–Crippen MR) is 83.8 cm³/mol. The highest BCUT2D eigenvalue weighted by Gasteiger charge is 2.18. The third-order valence-corrected chi connectivity index (χ3v) is 5.64. The average molecular weight is 423 g/mol. The lowest BCUT2D eigenvalue weighted by molar-refractivity contribution is 0.580. The van der Waals surface area contributed by atoms with Crippen LogP contribution >= 0.6 is 31.9 Å². The number of sulfonamides is 1. The summed E-state index contributed by atoms with van der Waals surface area (Å²) in [4.78, 5) is 0.202. The van der Waals surface area contributed by atoms with Gasteiger partial charge in [0.2, 0.25) is 10.0 Å². The van der Waals surface area contributed by atoms with Crippen LogP contribution in [-0.2, 0) is 23.6 Å². The van der Waals surface area contributed by atoms with E-state index in [4.69, 9.17) is 0 Å². The van der Waals surface area contributed by atoms with Crippen molar-refractivity contribution in [1.82, 2.24) is 14.5 Å². The Hall–Kier alpha value is -0.700. The van der Waals surface area contributed by atoms with Gasteiger partial charge in [0.05, 0.1) is 10.6 Å². The van der Waals surface area contributed by atoms with E-state index in [1.807, 2.05) is 6.92 Å². The minimum absolute atomic E-state index is 0.202. The first kappa shape index (κ1) is 15.7. The van der Waals surface area contributed by atoms with Gasteiger partial charge in [-0.15, -0.1) is 0 Å². The van der Waals surface area contributed by atoms with Gasteiger partial charge in [-0.25, -0.2) is 13.1 Å². The van der Waals surface area contributed by atoms with Crippen LogP contribution in [0, 0.1) is 6.92 Å². The van der Waals surface area contributed by atoms with Crippen molar-refractivity contribution < 1.29 is 8.42 Å². The van der Waals surface area contributed by atoms with Crippen LogP contribution in [0.4, 0.5) is 0 Å². The Labute approximate surface area is 134 Å². The monoisotopic (exact) mass is 421 g/mol. The van der Waals surface area contributed by atoms with Crippen LogP contribution in [0.3, 0.4) is 0 Å². The lowest BCUT2D eigenvalue weighted by Crippen LogP contribution is -2.23. The number of benzene rings is 1. The largest absolute Gasteiger partial charge is 0.275 e. The van der Waals surface area contributed by atoms with E-state index in [2.05, 4.69) is 41.7 Å². The minimum atomic E-state index is -3.58. The molecule has 0 aliphatic rings. The van der Waals surface area contributed by atoms with Gasteiger partial charge in [0, 0.05) is 34.3 Å². The van der Waals surface area contributed by atoms with Crippen molar-refractivity contribution in [2.24, 2.45) is 7.05 Å². The Kier molecular flexibility index (Phi) is 4.68. The first-order valence-corrected chi connectivity index (χ1v) is 8.80. The molecule has 0 amide bonds. The molecule has 1 aromatic carbocycles. The van der Waals surface area contributed by atoms with Gasteiger partial charge in [-0.1, -0.05) is 15.9 Å². The maximum atomic E-state index is 12.3. The lowest BCUT2D eigenvalue weighted by Gasteiger charge is -2.08. The molecule has 1 aromatic heterocycles.